The van der Waals surface area contributed by atoms with Gasteiger partial charge in [0, 0.05) is 13.0 Å². The summed E-state index contributed by atoms with van der Waals surface area (Å²) in [4.78, 5) is 31.6. The molecule has 0 unspecified atom stereocenters. The van der Waals surface area contributed by atoms with Crippen molar-refractivity contribution < 1.29 is 22.7 Å². The molecule has 0 atom stereocenters. The third kappa shape index (κ3) is 6.87. The molecule has 1 amide bonds. The fraction of sp³-hybridized carbons (Fsp3) is 0.500. The van der Waals surface area contributed by atoms with Gasteiger partial charge in [0.05, 0.1) is 22.9 Å². The molecule has 0 spiro atoms. The summed E-state index contributed by atoms with van der Waals surface area (Å²) in [7, 11) is -3.58. The number of amides is 1. The molecule has 1 aromatic heterocycles. The maximum atomic E-state index is 13.0. The molecule has 0 saturated heterocycles. The number of ether oxygens (including phenoxy) is 1. The fourth-order valence-electron chi connectivity index (χ4n) is 2.95. The van der Waals surface area contributed by atoms with Crippen LogP contribution >= 0.6 is 11.3 Å². The molecular formula is C22H30N2O5S2. The normalized spacial score (nSPS) is 11.4. The van der Waals surface area contributed by atoms with Crippen molar-refractivity contribution >= 4 is 38.2 Å². The van der Waals surface area contributed by atoms with E-state index in [0.717, 1.165) is 36.2 Å². The SMILES string of the molecule is CCCCCN(C(=O)CCS(=O)(=O)c1ccc(C)cc1)c1nc(C)c(C(=O)OCC)s1. The van der Waals surface area contributed by atoms with E-state index in [9.17, 15) is 18.0 Å². The third-order valence-corrected chi connectivity index (χ3v) is 7.62. The highest BCUT2D eigenvalue weighted by molar-refractivity contribution is 7.91. The van der Waals surface area contributed by atoms with Crippen LogP contribution < -0.4 is 4.90 Å². The van der Waals surface area contributed by atoms with Crippen molar-refractivity contribution in [3.8, 4) is 0 Å². The Morgan fingerprint density at radius 2 is 1.77 bits per heavy atom. The van der Waals surface area contributed by atoms with E-state index < -0.39 is 15.8 Å². The third-order valence-electron chi connectivity index (χ3n) is 4.73. The average Bonchev–Trinajstić information content (AvgIpc) is 3.11. The van der Waals surface area contributed by atoms with Crippen LogP contribution in [0.15, 0.2) is 29.2 Å². The number of aromatic nitrogens is 1. The van der Waals surface area contributed by atoms with Gasteiger partial charge >= 0.3 is 5.97 Å². The first-order chi connectivity index (χ1) is 14.7. The minimum Gasteiger partial charge on any atom is -0.462 e. The minimum atomic E-state index is -3.58. The van der Waals surface area contributed by atoms with Crippen LogP contribution in [0.5, 0.6) is 0 Å². The molecule has 1 aromatic carbocycles. The summed E-state index contributed by atoms with van der Waals surface area (Å²) in [5.74, 6) is -1.07. The van der Waals surface area contributed by atoms with Crippen molar-refractivity contribution in [2.75, 3.05) is 23.8 Å². The van der Waals surface area contributed by atoms with E-state index in [0.29, 0.717) is 22.2 Å². The van der Waals surface area contributed by atoms with Gasteiger partial charge in [0.25, 0.3) is 0 Å². The summed E-state index contributed by atoms with van der Waals surface area (Å²) in [6.07, 6.45) is 2.52. The van der Waals surface area contributed by atoms with Crippen LogP contribution in [0.25, 0.3) is 0 Å². The number of esters is 1. The Bertz CT molecular complexity index is 997. The molecule has 0 fully saturated rings. The minimum absolute atomic E-state index is 0.157. The maximum Gasteiger partial charge on any atom is 0.350 e. The van der Waals surface area contributed by atoms with Gasteiger partial charge in [-0.1, -0.05) is 48.8 Å². The molecule has 31 heavy (non-hydrogen) atoms. The van der Waals surface area contributed by atoms with E-state index in [2.05, 4.69) is 11.9 Å². The number of hydrogen-bond donors (Lipinski definition) is 0. The van der Waals surface area contributed by atoms with Crippen LogP contribution in [-0.4, -0.2) is 44.2 Å². The number of thiazole rings is 1. The molecule has 0 aliphatic heterocycles. The zero-order chi connectivity index (χ0) is 23.0. The van der Waals surface area contributed by atoms with E-state index in [1.807, 2.05) is 6.92 Å². The molecule has 2 aromatic rings. The Labute approximate surface area is 188 Å². The Hall–Kier alpha value is -2.26. The number of aryl methyl sites for hydroxylation is 2. The van der Waals surface area contributed by atoms with Crippen LogP contribution in [0.2, 0.25) is 0 Å². The van der Waals surface area contributed by atoms with Gasteiger partial charge in [-0.15, -0.1) is 0 Å². The highest BCUT2D eigenvalue weighted by Crippen LogP contribution is 2.28. The van der Waals surface area contributed by atoms with Gasteiger partial charge in [-0.05, 0) is 39.3 Å². The lowest BCUT2D eigenvalue weighted by molar-refractivity contribution is -0.118. The Morgan fingerprint density at radius 1 is 1.10 bits per heavy atom. The van der Waals surface area contributed by atoms with E-state index in [-0.39, 0.29) is 29.6 Å². The number of anilines is 1. The van der Waals surface area contributed by atoms with Crippen molar-refractivity contribution in [3.05, 3.63) is 40.4 Å². The Kier molecular flexibility index (Phi) is 9.18. The molecule has 1 heterocycles. The van der Waals surface area contributed by atoms with Gasteiger partial charge in [-0.2, -0.15) is 0 Å². The molecule has 0 saturated carbocycles. The monoisotopic (exact) mass is 466 g/mol. The lowest BCUT2D eigenvalue weighted by Gasteiger charge is -2.20. The largest absolute Gasteiger partial charge is 0.462 e. The summed E-state index contributed by atoms with van der Waals surface area (Å²) < 4.78 is 30.3. The Morgan fingerprint density at radius 3 is 2.39 bits per heavy atom. The van der Waals surface area contributed by atoms with Crippen LogP contribution in [-0.2, 0) is 19.4 Å². The summed E-state index contributed by atoms with van der Waals surface area (Å²) in [6.45, 7) is 8.04. The first-order valence-electron chi connectivity index (χ1n) is 10.4. The molecule has 2 rings (SSSR count). The van der Waals surface area contributed by atoms with Gasteiger partial charge in [0.2, 0.25) is 5.91 Å². The zero-order valence-corrected chi connectivity index (χ0v) is 20.1. The second-order valence-corrected chi connectivity index (χ2v) is 10.4. The number of carbonyl (C=O) groups is 2. The standard InChI is InChI=1S/C22H30N2O5S2/c1-5-7-8-14-24(22-23-17(4)20(30-22)21(26)29-6-2)19(25)13-15-31(27,28)18-11-9-16(3)10-12-18/h9-12H,5-8,13-15H2,1-4H3. The van der Waals surface area contributed by atoms with E-state index in [1.165, 1.54) is 4.90 Å². The van der Waals surface area contributed by atoms with E-state index in [1.54, 1.807) is 38.1 Å². The number of benzene rings is 1. The van der Waals surface area contributed by atoms with Gasteiger partial charge in [0.15, 0.2) is 15.0 Å². The summed E-state index contributed by atoms with van der Waals surface area (Å²) >= 11 is 1.10. The van der Waals surface area contributed by atoms with Gasteiger partial charge < -0.3 is 4.74 Å². The molecule has 0 aliphatic carbocycles. The molecule has 0 radical (unpaired) electrons. The molecule has 9 heteroatoms. The summed E-state index contributed by atoms with van der Waals surface area (Å²) in [5.41, 5.74) is 1.47. The second-order valence-electron chi connectivity index (χ2n) is 7.27. The van der Waals surface area contributed by atoms with Gasteiger partial charge in [-0.25, -0.2) is 18.2 Å². The van der Waals surface area contributed by atoms with Gasteiger partial charge in [-0.3, -0.25) is 9.69 Å². The topological polar surface area (TPSA) is 93.6 Å². The number of nitrogens with zero attached hydrogens (tertiary/aromatic N) is 2. The maximum absolute atomic E-state index is 13.0. The van der Waals surface area contributed by atoms with Crippen molar-refractivity contribution in [2.24, 2.45) is 0 Å². The number of carbonyl (C=O) groups excluding carboxylic acids is 2. The Balaban J connectivity index is 2.19. The number of sulfone groups is 1. The number of unbranched alkanes of at least 4 members (excludes halogenated alkanes) is 2. The van der Waals surface area contributed by atoms with E-state index in [4.69, 9.17) is 4.74 Å². The van der Waals surface area contributed by atoms with Crippen molar-refractivity contribution in [3.63, 3.8) is 0 Å². The fourth-order valence-corrected chi connectivity index (χ4v) is 5.18. The summed E-state index contributed by atoms with van der Waals surface area (Å²) in [6, 6.07) is 6.59. The van der Waals surface area contributed by atoms with Crippen molar-refractivity contribution in [1.82, 2.24) is 4.98 Å². The first kappa shape index (κ1) is 25.0. The van der Waals surface area contributed by atoms with E-state index >= 15 is 0 Å². The van der Waals surface area contributed by atoms with Crippen LogP contribution in [0.1, 0.15) is 60.5 Å². The molecule has 7 nitrogen and oxygen atoms in total. The van der Waals surface area contributed by atoms with Crippen molar-refractivity contribution in [1.29, 1.82) is 0 Å². The number of hydrogen-bond acceptors (Lipinski definition) is 7. The highest BCUT2D eigenvalue weighted by atomic mass is 32.2. The number of rotatable bonds is 11. The summed E-state index contributed by atoms with van der Waals surface area (Å²) in [5, 5.41) is 0.398. The molecule has 0 aliphatic rings. The van der Waals surface area contributed by atoms with Crippen LogP contribution in [0.3, 0.4) is 0 Å². The van der Waals surface area contributed by atoms with Crippen LogP contribution in [0, 0.1) is 13.8 Å². The highest BCUT2D eigenvalue weighted by Gasteiger charge is 2.25. The molecule has 0 N–H and O–H groups in total. The van der Waals surface area contributed by atoms with Crippen LogP contribution in [0.4, 0.5) is 5.13 Å². The zero-order valence-electron chi connectivity index (χ0n) is 18.5. The molecule has 0 bridgehead atoms. The predicted octanol–water partition coefficient (Wildman–Crippen LogP) is 4.32. The van der Waals surface area contributed by atoms with Crippen molar-refractivity contribution in [2.45, 2.75) is 58.3 Å². The second kappa shape index (κ2) is 11.4. The predicted molar refractivity (Wildman–Crippen MR) is 123 cm³/mol. The average molecular weight is 467 g/mol. The molecule has 170 valence electrons. The molecular weight excluding hydrogens is 436 g/mol. The first-order valence-corrected chi connectivity index (χ1v) is 12.9. The van der Waals surface area contributed by atoms with Gasteiger partial charge in [0.1, 0.15) is 4.88 Å². The lowest BCUT2D eigenvalue weighted by Crippen LogP contribution is -2.33. The lowest BCUT2D eigenvalue weighted by atomic mass is 10.2. The quantitative estimate of drug-likeness (QED) is 0.362. The smallest absolute Gasteiger partial charge is 0.350 e.